The van der Waals surface area contributed by atoms with Crippen LogP contribution in [0.25, 0.3) is 11.3 Å². The predicted octanol–water partition coefficient (Wildman–Crippen LogP) is 7.59. The standard InChI is InChI=1S/C41H37ClN4O5/c1-24-9-12-28(13-10-24)26(3)44-22-31-15-16-37(51-31)35-19-34(36(42)20-38(35)50-4)39(47)45-30(18-27-11-14-29(21-43)25(2)17-27)23-46-40(48)32-7-5-6-8-33(32)41(46)49/h5-17,19-20,26,30,44H,18,22-23H2,1-4H3,(H,45,47)/t26-,30-/m1/s1. The van der Waals surface area contributed by atoms with Crippen LogP contribution in [0.5, 0.6) is 5.75 Å². The van der Waals surface area contributed by atoms with Crippen LogP contribution in [0.2, 0.25) is 5.02 Å². The van der Waals surface area contributed by atoms with Crippen molar-refractivity contribution in [2.75, 3.05) is 13.7 Å². The Balaban J connectivity index is 1.24. The van der Waals surface area contributed by atoms with Gasteiger partial charge in [-0.15, -0.1) is 0 Å². The smallest absolute Gasteiger partial charge is 0.261 e. The van der Waals surface area contributed by atoms with Gasteiger partial charge in [0.2, 0.25) is 0 Å². The number of halogens is 1. The van der Waals surface area contributed by atoms with Gasteiger partial charge in [-0.05, 0) is 80.3 Å². The maximum absolute atomic E-state index is 14.0. The summed E-state index contributed by atoms with van der Waals surface area (Å²) < 4.78 is 11.8. The van der Waals surface area contributed by atoms with E-state index in [4.69, 9.17) is 20.8 Å². The molecule has 3 amide bonds. The monoisotopic (exact) mass is 700 g/mol. The number of amides is 3. The van der Waals surface area contributed by atoms with Crippen molar-refractivity contribution in [2.45, 2.75) is 45.8 Å². The molecule has 6 rings (SSSR count). The lowest BCUT2D eigenvalue weighted by Crippen LogP contribution is -2.47. The number of nitrogens with zero attached hydrogens (tertiary/aromatic N) is 2. The van der Waals surface area contributed by atoms with Crippen molar-refractivity contribution in [3.63, 3.8) is 0 Å². The predicted molar refractivity (Wildman–Crippen MR) is 195 cm³/mol. The molecule has 0 unspecified atom stereocenters. The SMILES string of the molecule is COc1cc(Cl)c(C(=O)N[C@H](Cc2ccc(C#N)c(C)c2)CN2C(=O)c3ccccc3C2=O)cc1-c1ccc(CN[C@H](C)c2ccc(C)cc2)o1. The van der Waals surface area contributed by atoms with Crippen LogP contribution in [0.1, 0.15) is 77.6 Å². The molecule has 2 heterocycles. The lowest BCUT2D eigenvalue weighted by molar-refractivity contribution is 0.0628. The number of nitrogens with one attached hydrogen (secondary N) is 2. The zero-order valence-corrected chi connectivity index (χ0v) is 29.5. The summed E-state index contributed by atoms with van der Waals surface area (Å²) >= 11 is 6.66. The maximum Gasteiger partial charge on any atom is 0.261 e. The number of hydrogen-bond donors (Lipinski definition) is 2. The molecule has 1 aliphatic rings. The Hall–Kier alpha value is -5.69. The molecule has 2 atom stereocenters. The molecule has 0 radical (unpaired) electrons. The van der Waals surface area contributed by atoms with Crippen LogP contribution in [-0.2, 0) is 13.0 Å². The Morgan fingerprint density at radius 3 is 2.29 bits per heavy atom. The molecule has 2 N–H and O–H groups in total. The molecule has 51 heavy (non-hydrogen) atoms. The first-order valence-electron chi connectivity index (χ1n) is 16.6. The number of ether oxygens (including phenoxy) is 1. The van der Waals surface area contributed by atoms with E-state index >= 15 is 0 Å². The van der Waals surface area contributed by atoms with Gasteiger partial charge < -0.3 is 19.8 Å². The van der Waals surface area contributed by atoms with Crippen molar-refractivity contribution < 1.29 is 23.5 Å². The first-order chi connectivity index (χ1) is 24.6. The number of carbonyl (C=O) groups excluding carboxylic acids is 3. The minimum absolute atomic E-state index is 0.0761. The molecule has 4 aromatic carbocycles. The molecule has 0 saturated heterocycles. The Kier molecular flexibility index (Phi) is 10.4. The van der Waals surface area contributed by atoms with Gasteiger partial charge in [0.05, 0.1) is 58.6 Å². The van der Waals surface area contributed by atoms with Gasteiger partial charge in [-0.2, -0.15) is 5.26 Å². The number of rotatable bonds is 12. The number of aryl methyl sites for hydroxylation is 2. The normalized spacial score (nSPS) is 13.5. The molecule has 258 valence electrons. The average molecular weight is 701 g/mol. The average Bonchev–Trinajstić information content (AvgIpc) is 3.69. The second-order valence-corrected chi connectivity index (χ2v) is 13.1. The van der Waals surface area contributed by atoms with Crippen LogP contribution in [-0.4, -0.2) is 42.3 Å². The van der Waals surface area contributed by atoms with Crippen LogP contribution in [0.3, 0.4) is 0 Å². The molecule has 1 aliphatic heterocycles. The van der Waals surface area contributed by atoms with Crippen molar-refractivity contribution in [1.29, 1.82) is 5.26 Å². The van der Waals surface area contributed by atoms with Crippen LogP contribution < -0.4 is 15.4 Å². The highest BCUT2D eigenvalue weighted by Gasteiger charge is 2.37. The third-order valence-corrected chi connectivity index (χ3v) is 9.44. The number of imide groups is 1. The lowest BCUT2D eigenvalue weighted by Gasteiger charge is -2.24. The second-order valence-electron chi connectivity index (χ2n) is 12.7. The summed E-state index contributed by atoms with van der Waals surface area (Å²) in [5.74, 6) is 0.267. The molecule has 0 saturated carbocycles. The molecule has 1 aromatic heterocycles. The fourth-order valence-electron chi connectivity index (χ4n) is 6.25. The lowest BCUT2D eigenvalue weighted by atomic mass is 9.99. The summed E-state index contributed by atoms with van der Waals surface area (Å²) in [6.45, 7) is 6.38. The summed E-state index contributed by atoms with van der Waals surface area (Å²) in [5.41, 5.74) is 5.85. The molecular weight excluding hydrogens is 664 g/mol. The van der Waals surface area contributed by atoms with Crippen LogP contribution in [0.15, 0.2) is 95.4 Å². The van der Waals surface area contributed by atoms with Crippen molar-refractivity contribution >= 4 is 29.3 Å². The van der Waals surface area contributed by atoms with Crippen LogP contribution in [0.4, 0.5) is 0 Å². The third-order valence-electron chi connectivity index (χ3n) is 9.13. The zero-order chi connectivity index (χ0) is 36.2. The zero-order valence-electron chi connectivity index (χ0n) is 28.7. The van der Waals surface area contributed by atoms with E-state index in [1.165, 1.54) is 12.7 Å². The number of fused-ring (bicyclic) bond motifs is 1. The van der Waals surface area contributed by atoms with E-state index in [1.54, 1.807) is 48.5 Å². The topological polar surface area (TPSA) is 125 Å². The molecule has 0 aliphatic carbocycles. The van der Waals surface area contributed by atoms with Gasteiger partial charge in [0.15, 0.2) is 0 Å². The van der Waals surface area contributed by atoms with Crippen LogP contribution in [0, 0.1) is 25.2 Å². The highest BCUT2D eigenvalue weighted by Crippen LogP contribution is 2.36. The fourth-order valence-corrected chi connectivity index (χ4v) is 6.49. The van der Waals surface area contributed by atoms with Gasteiger partial charge in [-0.25, -0.2) is 0 Å². The van der Waals surface area contributed by atoms with Crippen molar-refractivity contribution in [3.8, 4) is 23.1 Å². The number of nitriles is 1. The minimum Gasteiger partial charge on any atom is -0.496 e. The van der Waals surface area contributed by atoms with E-state index in [-0.39, 0.29) is 29.6 Å². The number of methoxy groups -OCH3 is 1. The molecular formula is C41H37ClN4O5. The summed E-state index contributed by atoms with van der Waals surface area (Å²) in [6.07, 6.45) is 0.280. The number of hydrogen-bond acceptors (Lipinski definition) is 7. The maximum atomic E-state index is 14.0. The Labute approximate surface area is 301 Å². The number of benzene rings is 4. The summed E-state index contributed by atoms with van der Waals surface area (Å²) in [4.78, 5) is 41.7. The minimum atomic E-state index is -0.689. The summed E-state index contributed by atoms with van der Waals surface area (Å²) in [6, 6.07) is 28.8. The van der Waals surface area contributed by atoms with Gasteiger partial charge in [-0.1, -0.05) is 65.7 Å². The first kappa shape index (κ1) is 35.1. The molecule has 0 spiro atoms. The van der Waals surface area contributed by atoms with Gasteiger partial charge in [0, 0.05) is 18.7 Å². The molecule has 9 nitrogen and oxygen atoms in total. The van der Waals surface area contributed by atoms with E-state index in [1.807, 2.05) is 25.1 Å². The van der Waals surface area contributed by atoms with Crippen molar-refractivity contribution in [1.82, 2.24) is 15.5 Å². The Morgan fingerprint density at radius 1 is 0.941 bits per heavy atom. The van der Waals surface area contributed by atoms with E-state index in [9.17, 15) is 19.6 Å². The molecule has 10 heteroatoms. The van der Waals surface area contributed by atoms with Gasteiger partial charge in [-0.3, -0.25) is 19.3 Å². The number of furan rings is 1. The Morgan fingerprint density at radius 2 is 1.65 bits per heavy atom. The van der Waals surface area contributed by atoms with Crippen molar-refractivity contribution in [2.24, 2.45) is 0 Å². The van der Waals surface area contributed by atoms with Crippen molar-refractivity contribution in [3.05, 3.63) is 146 Å². The first-order valence-corrected chi connectivity index (χ1v) is 17.0. The number of carbonyl (C=O) groups is 3. The van der Waals surface area contributed by atoms with E-state index in [0.717, 1.165) is 21.6 Å². The quantitative estimate of drug-likeness (QED) is 0.129. The summed E-state index contributed by atoms with van der Waals surface area (Å²) in [7, 11) is 1.52. The van der Waals surface area contributed by atoms with E-state index < -0.39 is 23.8 Å². The molecule has 0 bridgehead atoms. The largest absolute Gasteiger partial charge is 0.496 e. The highest BCUT2D eigenvalue weighted by molar-refractivity contribution is 6.34. The second kappa shape index (κ2) is 15.1. The molecule has 0 fully saturated rings. The van der Waals surface area contributed by atoms with Crippen LogP contribution >= 0.6 is 11.6 Å². The van der Waals surface area contributed by atoms with E-state index in [0.29, 0.717) is 46.1 Å². The molecule has 5 aromatic rings. The highest BCUT2D eigenvalue weighted by atomic mass is 35.5. The van der Waals surface area contributed by atoms with Gasteiger partial charge in [0.1, 0.15) is 17.3 Å². The summed E-state index contributed by atoms with van der Waals surface area (Å²) in [5, 5.41) is 16.1. The van der Waals surface area contributed by atoms with E-state index in [2.05, 4.69) is 54.8 Å². The van der Waals surface area contributed by atoms with Gasteiger partial charge >= 0.3 is 0 Å². The fraction of sp³-hybridized carbons (Fsp3) is 0.220. The van der Waals surface area contributed by atoms with Gasteiger partial charge in [0.25, 0.3) is 17.7 Å². The Bertz CT molecular complexity index is 2130. The third kappa shape index (κ3) is 7.58.